The summed E-state index contributed by atoms with van der Waals surface area (Å²) in [6.07, 6.45) is 0.744. The minimum absolute atomic E-state index is 0.0915. The molecule has 0 N–H and O–H groups in total. The predicted molar refractivity (Wildman–Crippen MR) is 94.1 cm³/mol. The van der Waals surface area contributed by atoms with Crippen molar-refractivity contribution in [1.29, 1.82) is 0 Å². The second-order valence-corrected chi connectivity index (χ2v) is 7.35. The molecule has 2 heterocycles. The molecule has 122 valence electrons. The molecule has 23 heavy (non-hydrogen) atoms. The Morgan fingerprint density at radius 2 is 2.17 bits per heavy atom. The van der Waals surface area contributed by atoms with Crippen LogP contribution in [0.4, 0.5) is 0 Å². The van der Waals surface area contributed by atoms with E-state index in [0.717, 1.165) is 28.6 Å². The summed E-state index contributed by atoms with van der Waals surface area (Å²) >= 11 is 11.5. The van der Waals surface area contributed by atoms with E-state index in [1.54, 1.807) is 0 Å². The summed E-state index contributed by atoms with van der Waals surface area (Å²) in [4.78, 5) is 12.3. The number of halogens is 1. The van der Waals surface area contributed by atoms with Crippen molar-refractivity contribution in [1.82, 2.24) is 4.57 Å². The van der Waals surface area contributed by atoms with Gasteiger partial charge in [0, 0.05) is 22.3 Å². The van der Waals surface area contributed by atoms with Gasteiger partial charge in [-0.25, -0.2) is 0 Å². The van der Waals surface area contributed by atoms with Gasteiger partial charge in [0.1, 0.15) is 17.8 Å². The monoisotopic (exact) mass is 351 g/mol. The van der Waals surface area contributed by atoms with E-state index in [-0.39, 0.29) is 12.5 Å². The molecular weight excluding hydrogens is 334 g/mol. The molecule has 0 aliphatic carbocycles. The zero-order valence-electron chi connectivity index (χ0n) is 13.3. The molecular formula is C17H18ClNO3S. The van der Waals surface area contributed by atoms with E-state index < -0.39 is 5.60 Å². The number of hydrogen-bond acceptors (Lipinski definition) is 4. The first-order valence-corrected chi connectivity index (χ1v) is 8.24. The fourth-order valence-corrected chi connectivity index (χ4v) is 3.35. The van der Waals surface area contributed by atoms with E-state index >= 15 is 0 Å². The lowest BCUT2D eigenvalue weighted by molar-refractivity contribution is -0.155. The summed E-state index contributed by atoms with van der Waals surface area (Å²) < 4.78 is 12.8. The standard InChI is InChI=1S/C17H18ClNO3S/c1-17(2,3)22-14(20)9-19-13-5-4-10(18)8-12(13)11-6-7-21-16(23)15(11)19/h4-5,8H,6-7,9H2,1-3H3. The summed E-state index contributed by atoms with van der Waals surface area (Å²) in [5.41, 5.74) is 2.26. The van der Waals surface area contributed by atoms with E-state index in [0.29, 0.717) is 16.7 Å². The maximum Gasteiger partial charge on any atom is 0.326 e. The molecule has 1 aromatic heterocycles. The van der Waals surface area contributed by atoms with E-state index in [9.17, 15) is 4.79 Å². The quantitative estimate of drug-likeness (QED) is 0.608. The highest BCUT2D eigenvalue weighted by molar-refractivity contribution is 7.80. The highest BCUT2D eigenvalue weighted by Crippen LogP contribution is 2.32. The van der Waals surface area contributed by atoms with Crippen molar-refractivity contribution in [2.45, 2.75) is 39.3 Å². The summed E-state index contributed by atoms with van der Waals surface area (Å²) in [7, 11) is 0. The second kappa shape index (κ2) is 5.80. The minimum atomic E-state index is -0.527. The van der Waals surface area contributed by atoms with Gasteiger partial charge >= 0.3 is 5.97 Å². The van der Waals surface area contributed by atoms with Crippen LogP contribution in [0.25, 0.3) is 10.9 Å². The minimum Gasteiger partial charge on any atom is -0.481 e. The van der Waals surface area contributed by atoms with Crippen LogP contribution >= 0.6 is 23.8 Å². The first-order chi connectivity index (χ1) is 10.8. The van der Waals surface area contributed by atoms with Gasteiger partial charge in [-0.2, -0.15) is 0 Å². The maximum absolute atomic E-state index is 12.3. The number of thiocarbonyl (C=S) groups is 1. The lowest BCUT2D eigenvalue weighted by atomic mass is 10.1. The molecule has 0 amide bonds. The molecule has 0 bridgehead atoms. The maximum atomic E-state index is 12.3. The molecule has 0 saturated carbocycles. The number of rotatable bonds is 2. The van der Waals surface area contributed by atoms with Crippen LogP contribution in [0.1, 0.15) is 32.0 Å². The van der Waals surface area contributed by atoms with E-state index in [4.69, 9.17) is 33.3 Å². The number of fused-ring (bicyclic) bond motifs is 3. The summed E-state index contributed by atoms with van der Waals surface area (Å²) in [6, 6.07) is 5.63. The van der Waals surface area contributed by atoms with Crippen LogP contribution in [0.2, 0.25) is 5.02 Å². The normalized spacial score (nSPS) is 14.5. The van der Waals surface area contributed by atoms with Crippen molar-refractivity contribution in [3.05, 3.63) is 34.5 Å². The predicted octanol–water partition coefficient (Wildman–Crippen LogP) is 3.88. The van der Waals surface area contributed by atoms with Gasteiger partial charge in [0.05, 0.1) is 6.61 Å². The largest absolute Gasteiger partial charge is 0.481 e. The zero-order chi connectivity index (χ0) is 16.8. The van der Waals surface area contributed by atoms with Gasteiger partial charge in [0.2, 0.25) is 5.05 Å². The van der Waals surface area contributed by atoms with Crippen LogP contribution in [0.15, 0.2) is 18.2 Å². The number of esters is 1. The van der Waals surface area contributed by atoms with Gasteiger partial charge in [-0.3, -0.25) is 4.79 Å². The molecule has 0 unspecified atom stereocenters. The number of carbonyl (C=O) groups is 1. The first kappa shape index (κ1) is 16.3. The van der Waals surface area contributed by atoms with E-state index in [1.165, 1.54) is 0 Å². The molecule has 1 aliphatic heterocycles. The van der Waals surface area contributed by atoms with Gasteiger partial charge < -0.3 is 14.0 Å². The summed E-state index contributed by atoms with van der Waals surface area (Å²) in [5.74, 6) is -0.305. The van der Waals surface area contributed by atoms with Crippen molar-refractivity contribution in [2.24, 2.45) is 0 Å². The highest BCUT2D eigenvalue weighted by Gasteiger charge is 2.27. The second-order valence-electron chi connectivity index (χ2n) is 6.55. The van der Waals surface area contributed by atoms with E-state index in [2.05, 4.69) is 0 Å². The molecule has 0 atom stereocenters. The van der Waals surface area contributed by atoms with Gasteiger partial charge in [0.25, 0.3) is 0 Å². The van der Waals surface area contributed by atoms with Crippen molar-refractivity contribution in [2.75, 3.05) is 6.61 Å². The lowest BCUT2D eigenvalue weighted by Crippen LogP contribution is -2.28. The zero-order valence-corrected chi connectivity index (χ0v) is 14.9. The Bertz CT molecular complexity index is 804. The summed E-state index contributed by atoms with van der Waals surface area (Å²) in [6.45, 7) is 6.18. The average molecular weight is 352 g/mol. The van der Waals surface area contributed by atoms with Crippen molar-refractivity contribution in [3.63, 3.8) is 0 Å². The van der Waals surface area contributed by atoms with Crippen LogP contribution in [-0.2, 0) is 27.2 Å². The Balaban J connectivity index is 2.10. The molecule has 0 spiro atoms. The SMILES string of the molecule is CC(C)(C)OC(=O)Cn1c2c(c3cc(Cl)ccc31)CCOC2=S. The third kappa shape index (κ3) is 3.21. The topological polar surface area (TPSA) is 40.5 Å². The Morgan fingerprint density at radius 3 is 2.87 bits per heavy atom. The van der Waals surface area contributed by atoms with Gasteiger partial charge in [-0.05, 0) is 56.8 Å². The molecule has 0 saturated heterocycles. The first-order valence-electron chi connectivity index (χ1n) is 7.46. The Hall–Kier alpha value is -1.59. The molecule has 6 heteroatoms. The number of hydrogen-bond donors (Lipinski definition) is 0. The van der Waals surface area contributed by atoms with Crippen molar-refractivity contribution < 1.29 is 14.3 Å². The van der Waals surface area contributed by atoms with Crippen LogP contribution in [0, 0.1) is 0 Å². The number of nitrogens with zero attached hydrogens (tertiary/aromatic N) is 1. The Kier molecular flexibility index (Phi) is 4.10. The van der Waals surface area contributed by atoms with E-state index in [1.807, 2.05) is 43.5 Å². The fraction of sp³-hybridized carbons (Fsp3) is 0.412. The van der Waals surface area contributed by atoms with Crippen LogP contribution < -0.4 is 0 Å². The van der Waals surface area contributed by atoms with Gasteiger partial charge in [0.15, 0.2) is 0 Å². The van der Waals surface area contributed by atoms with Crippen LogP contribution in [0.3, 0.4) is 0 Å². The molecule has 4 nitrogen and oxygen atoms in total. The van der Waals surface area contributed by atoms with Crippen molar-refractivity contribution in [3.8, 4) is 0 Å². The Morgan fingerprint density at radius 1 is 1.43 bits per heavy atom. The molecule has 1 aromatic carbocycles. The summed E-state index contributed by atoms with van der Waals surface area (Å²) in [5, 5.41) is 2.09. The molecule has 3 rings (SSSR count). The number of benzene rings is 1. The third-order valence-corrected chi connectivity index (χ3v) is 4.16. The number of aromatic nitrogens is 1. The third-order valence-electron chi connectivity index (χ3n) is 3.62. The number of carbonyl (C=O) groups excluding carboxylic acids is 1. The number of ether oxygens (including phenoxy) is 2. The molecule has 0 radical (unpaired) electrons. The smallest absolute Gasteiger partial charge is 0.326 e. The van der Waals surface area contributed by atoms with Crippen LogP contribution in [0.5, 0.6) is 0 Å². The highest BCUT2D eigenvalue weighted by atomic mass is 35.5. The molecule has 1 aliphatic rings. The fourth-order valence-electron chi connectivity index (χ4n) is 2.86. The van der Waals surface area contributed by atoms with Gasteiger partial charge in [-0.15, -0.1) is 0 Å². The average Bonchev–Trinajstić information content (AvgIpc) is 2.72. The molecule has 2 aromatic rings. The van der Waals surface area contributed by atoms with Crippen LogP contribution in [-0.4, -0.2) is 27.8 Å². The Labute approximate surface area is 145 Å². The van der Waals surface area contributed by atoms with Crippen molar-refractivity contribution >= 4 is 45.7 Å². The molecule has 0 fully saturated rings. The lowest BCUT2D eigenvalue weighted by Gasteiger charge is -2.21. The van der Waals surface area contributed by atoms with Gasteiger partial charge in [-0.1, -0.05) is 11.6 Å².